The van der Waals surface area contributed by atoms with Crippen LogP contribution in [0.25, 0.3) is 0 Å². The molecule has 0 saturated heterocycles. The van der Waals surface area contributed by atoms with Crippen molar-refractivity contribution in [1.82, 2.24) is 58.7 Å². The van der Waals surface area contributed by atoms with Crippen molar-refractivity contribution in [2.45, 2.75) is 282 Å². The molecule has 0 radical (unpaired) electrons. The maximum Gasteiger partial charge on any atom is 0.270 e. The third kappa shape index (κ3) is 28.2. The second-order valence-electron chi connectivity index (χ2n) is 22.7. The van der Waals surface area contributed by atoms with Crippen molar-refractivity contribution in [3.05, 3.63) is 169 Å². The van der Waals surface area contributed by atoms with E-state index in [9.17, 15) is 28.8 Å². The minimum Gasteiger partial charge on any atom is -0.268 e. The number of aromatic nitrogens is 12. The standard InChI is InChI=1S/6C10H16N2O.6CH4/c2*1-7(2)9-5-6-11-12(8(3)4)10(9)13;4*1-7(2)9-5-6-10(13)12(11-9)8(3)4;;;;;;/h6*5-8H,1-4H3;6*1H4. The molecule has 18 heteroatoms. The van der Waals surface area contributed by atoms with E-state index in [2.05, 4.69) is 86.0 Å². The Morgan fingerprint density at radius 3 is 0.571 bits per heavy atom. The van der Waals surface area contributed by atoms with Crippen LogP contribution in [0.1, 0.15) is 316 Å². The van der Waals surface area contributed by atoms with Crippen molar-refractivity contribution in [1.29, 1.82) is 0 Å². The third-order valence-corrected chi connectivity index (χ3v) is 11.7. The first-order valence-corrected chi connectivity index (χ1v) is 27.7. The summed E-state index contributed by atoms with van der Waals surface area (Å²) in [7, 11) is 0. The summed E-state index contributed by atoms with van der Waals surface area (Å²) in [6.45, 7) is 48.1. The van der Waals surface area contributed by atoms with Gasteiger partial charge in [0, 0.05) is 47.8 Å². The third-order valence-electron chi connectivity index (χ3n) is 11.7. The molecule has 0 N–H and O–H groups in total. The van der Waals surface area contributed by atoms with Crippen LogP contribution in [-0.4, -0.2) is 58.7 Å². The predicted molar refractivity (Wildman–Crippen MR) is 358 cm³/mol. The second-order valence-corrected chi connectivity index (χ2v) is 22.7. The smallest absolute Gasteiger partial charge is 0.268 e. The van der Waals surface area contributed by atoms with Crippen LogP contribution in [0.2, 0.25) is 0 Å². The number of nitrogens with zero attached hydrogens (tertiary/aromatic N) is 12. The number of hydrogen-bond donors (Lipinski definition) is 0. The Bertz CT molecular complexity index is 2680. The van der Waals surface area contributed by atoms with E-state index in [4.69, 9.17) is 0 Å². The maximum absolute atomic E-state index is 11.8. The van der Waals surface area contributed by atoms with Crippen molar-refractivity contribution in [3.8, 4) is 0 Å². The lowest BCUT2D eigenvalue weighted by Gasteiger charge is -2.11. The van der Waals surface area contributed by atoms with Crippen LogP contribution in [0.5, 0.6) is 0 Å². The van der Waals surface area contributed by atoms with Crippen molar-refractivity contribution < 1.29 is 0 Å². The van der Waals surface area contributed by atoms with Gasteiger partial charge < -0.3 is 0 Å². The first-order chi connectivity index (χ1) is 36.2. The summed E-state index contributed by atoms with van der Waals surface area (Å²) in [4.78, 5) is 68.8. The van der Waals surface area contributed by atoms with E-state index in [-0.39, 0.29) is 126 Å². The van der Waals surface area contributed by atoms with Gasteiger partial charge >= 0.3 is 0 Å². The van der Waals surface area contributed by atoms with Gasteiger partial charge in [0.1, 0.15) is 0 Å². The van der Waals surface area contributed by atoms with Gasteiger partial charge in [-0.3, -0.25) is 28.8 Å². The monoisotopic (exact) mass is 1180 g/mol. The Kier molecular flexibility index (Phi) is 44.4. The molecule has 6 aromatic rings. The van der Waals surface area contributed by atoms with Gasteiger partial charge in [-0.05, 0) is 155 Å². The second kappa shape index (κ2) is 42.1. The molecule has 0 saturated carbocycles. The zero-order chi connectivity index (χ0) is 60.0. The molecule has 18 nitrogen and oxygen atoms in total. The summed E-state index contributed by atoms with van der Waals surface area (Å²) in [6, 6.07) is 17.9. The van der Waals surface area contributed by atoms with Gasteiger partial charge in [0.2, 0.25) is 0 Å². The number of rotatable bonds is 12. The lowest BCUT2D eigenvalue weighted by Crippen LogP contribution is -2.27. The molecule has 0 aromatic carbocycles. The molecule has 6 aromatic heterocycles. The van der Waals surface area contributed by atoms with E-state index in [0.29, 0.717) is 23.7 Å². The van der Waals surface area contributed by atoms with Gasteiger partial charge in [-0.1, -0.05) is 128 Å². The molecule has 0 aliphatic rings. The summed E-state index contributed by atoms with van der Waals surface area (Å²) < 4.78 is 9.14. The highest BCUT2D eigenvalue weighted by Gasteiger charge is 2.13. The van der Waals surface area contributed by atoms with E-state index in [1.54, 1.807) is 73.1 Å². The molecule has 0 aliphatic carbocycles. The minimum atomic E-state index is -0.0283. The van der Waals surface area contributed by atoms with Crippen LogP contribution in [0.15, 0.2) is 102 Å². The molecule has 0 amide bonds. The molecule has 6 rings (SSSR count). The molecule has 0 bridgehead atoms. The normalized spacial score (nSPS) is 10.4. The van der Waals surface area contributed by atoms with Crippen molar-refractivity contribution in [2.75, 3.05) is 0 Å². The summed E-state index contributed by atoms with van der Waals surface area (Å²) in [5.74, 6) is 1.99. The summed E-state index contributed by atoms with van der Waals surface area (Å²) in [6.07, 6.45) is 3.38. The molecular formula is C66H120N12O6. The largest absolute Gasteiger partial charge is 0.270 e. The molecule has 0 atom stereocenters. The average Bonchev–Trinajstić information content (AvgIpc) is 3.34. The highest BCUT2D eigenvalue weighted by Crippen LogP contribution is 2.14. The molecule has 0 unspecified atom stereocenters. The quantitative estimate of drug-likeness (QED) is 0.112. The van der Waals surface area contributed by atoms with E-state index in [1.807, 2.05) is 111 Å². The lowest BCUT2D eigenvalue weighted by atomic mass is 10.1. The van der Waals surface area contributed by atoms with Gasteiger partial charge in [0.15, 0.2) is 0 Å². The topological polar surface area (TPSA) is 209 Å². The van der Waals surface area contributed by atoms with Crippen LogP contribution in [0.4, 0.5) is 0 Å². The molecule has 84 heavy (non-hydrogen) atoms. The molecule has 0 aliphatic heterocycles. The van der Waals surface area contributed by atoms with Crippen LogP contribution >= 0.6 is 0 Å². The van der Waals surface area contributed by atoms with E-state index in [0.717, 1.165) is 33.9 Å². The first-order valence-electron chi connectivity index (χ1n) is 27.7. The summed E-state index contributed by atoms with van der Waals surface area (Å²) in [5.41, 5.74) is 5.49. The van der Waals surface area contributed by atoms with Gasteiger partial charge in [-0.25, -0.2) is 28.1 Å². The van der Waals surface area contributed by atoms with Crippen LogP contribution in [0, 0.1) is 0 Å². The Morgan fingerprint density at radius 2 is 0.429 bits per heavy atom. The first kappa shape index (κ1) is 88.5. The summed E-state index contributed by atoms with van der Waals surface area (Å²) in [5, 5.41) is 25.2. The number of hydrogen-bond acceptors (Lipinski definition) is 12. The fourth-order valence-corrected chi connectivity index (χ4v) is 6.97. The highest BCUT2D eigenvalue weighted by molar-refractivity contribution is 5.13. The fraction of sp³-hybridized carbons (Fsp3) is 0.636. The zero-order valence-corrected chi connectivity index (χ0v) is 51.7. The SMILES string of the molecule is C.C.C.C.C.C.CC(C)c1ccc(=O)n(C(C)C)n1.CC(C)c1ccc(=O)n(C(C)C)n1.CC(C)c1ccc(=O)n(C(C)C)n1.CC(C)c1ccc(=O)n(C(C)C)n1.CC(C)c1ccnn(C(C)C)c1=O.CC(C)c1ccnn(C(C)C)c1=O. The van der Waals surface area contributed by atoms with E-state index < -0.39 is 0 Å². The lowest BCUT2D eigenvalue weighted by molar-refractivity contribution is 0.488. The van der Waals surface area contributed by atoms with Crippen LogP contribution < -0.4 is 33.4 Å². The van der Waals surface area contributed by atoms with Gasteiger partial charge in [0.25, 0.3) is 33.4 Å². The molecule has 0 fully saturated rings. The Labute approximate surface area is 508 Å². The fourth-order valence-electron chi connectivity index (χ4n) is 6.97. The Morgan fingerprint density at radius 1 is 0.250 bits per heavy atom. The zero-order valence-electron chi connectivity index (χ0n) is 51.7. The van der Waals surface area contributed by atoms with Crippen LogP contribution in [0.3, 0.4) is 0 Å². The van der Waals surface area contributed by atoms with Crippen molar-refractivity contribution in [3.63, 3.8) is 0 Å². The Balaban J connectivity index is -0.000000214. The van der Waals surface area contributed by atoms with Gasteiger partial charge in [-0.2, -0.15) is 30.6 Å². The Hall–Kier alpha value is -6.72. The van der Waals surface area contributed by atoms with Gasteiger partial charge in [0.05, 0.1) is 59.0 Å². The molecule has 0 spiro atoms. The predicted octanol–water partition coefficient (Wildman–Crippen LogP) is 15.5. The minimum absolute atomic E-state index is 0. The van der Waals surface area contributed by atoms with E-state index >= 15 is 0 Å². The maximum atomic E-state index is 11.8. The van der Waals surface area contributed by atoms with Crippen molar-refractivity contribution >= 4 is 0 Å². The van der Waals surface area contributed by atoms with E-state index in [1.165, 1.54) is 28.1 Å². The highest BCUT2D eigenvalue weighted by atomic mass is 16.2. The van der Waals surface area contributed by atoms with Crippen LogP contribution in [-0.2, 0) is 0 Å². The molecule has 6 heterocycles. The average molecular weight is 1180 g/mol. The molecular weight excluding hydrogens is 1060 g/mol. The molecule has 480 valence electrons. The van der Waals surface area contributed by atoms with Crippen molar-refractivity contribution in [2.24, 2.45) is 0 Å². The summed E-state index contributed by atoms with van der Waals surface area (Å²) >= 11 is 0. The van der Waals surface area contributed by atoms with Gasteiger partial charge in [-0.15, -0.1) is 0 Å².